The molecule has 0 spiro atoms. The number of rotatable bonds is 1. The second-order valence-electron chi connectivity index (χ2n) is 4.27. The second-order valence-corrected chi connectivity index (χ2v) is 9.02. The van der Waals surface area contributed by atoms with Gasteiger partial charge in [0, 0.05) is 6.20 Å². The number of methoxy groups -OCH3 is 1. The van der Waals surface area contributed by atoms with Crippen LogP contribution in [0.3, 0.4) is 0 Å². The number of anilines is 1. The van der Waals surface area contributed by atoms with Gasteiger partial charge in [0.25, 0.3) is 0 Å². The molecule has 0 aromatic carbocycles. The van der Waals surface area contributed by atoms with E-state index in [2.05, 4.69) is 36.1 Å². The van der Waals surface area contributed by atoms with E-state index in [1.54, 1.807) is 19.4 Å². The molecule has 0 aliphatic carbocycles. The Labute approximate surface area is 91.7 Å². The van der Waals surface area contributed by atoms with E-state index < -0.39 is 8.07 Å². The van der Waals surface area contributed by atoms with Gasteiger partial charge in [-0.25, -0.2) is 4.98 Å². The summed E-state index contributed by atoms with van der Waals surface area (Å²) >= 11 is 0. The lowest BCUT2D eigenvalue weighted by Crippen LogP contribution is -2.16. The molecule has 1 rings (SSSR count). The van der Waals surface area contributed by atoms with Crippen molar-refractivity contribution in [3.8, 4) is 17.2 Å². The number of nitrogens with zero attached hydrogens (tertiary/aromatic N) is 1. The Morgan fingerprint density at radius 1 is 1.40 bits per heavy atom. The van der Waals surface area contributed by atoms with Crippen LogP contribution in [0, 0.1) is 11.5 Å². The van der Waals surface area contributed by atoms with Crippen molar-refractivity contribution >= 4 is 13.9 Å². The van der Waals surface area contributed by atoms with Crippen molar-refractivity contribution in [2.75, 3.05) is 12.8 Å². The molecule has 0 amide bonds. The zero-order chi connectivity index (χ0) is 11.5. The number of ether oxygens (including phenoxy) is 1. The third-order valence-electron chi connectivity index (χ3n) is 1.72. The van der Waals surface area contributed by atoms with Gasteiger partial charge in [-0.2, -0.15) is 0 Å². The third kappa shape index (κ3) is 3.29. The highest BCUT2D eigenvalue weighted by Crippen LogP contribution is 2.20. The lowest BCUT2D eigenvalue weighted by Gasteiger charge is -2.06. The zero-order valence-corrected chi connectivity index (χ0v) is 10.6. The Morgan fingerprint density at radius 2 is 2.07 bits per heavy atom. The summed E-state index contributed by atoms with van der Waals surface area (Å²) in [4.78, 5) is 4.00. The first-order valence-corrected chi connectivity index (χ1v) is 8.25. The minimum absolute atomic E-state index is 0.431. The number of pyridine rings is 1. The standard InChI is InChI=1S/C11H16N2OSi/c1-14-10-5-7-13-11(12)9(10)6-8-15(2,3)4/h5,7H,1-4H3,(H2,12,13). The maximum Gasteiger partial charge on any atom is 0.142 e. The smallest absolute Gasteiger partial charge is 0.142 e. The highest BCUT2D eigenvalue weighted by molar-refractivity contribution is 6.83. The van der Waals surface area contributed by atoms with E-state index in [4.69, 9.17) is 10.5 Å². The van der Waals surface area contributed by atoms with Gasteiger partial charge in [-0.15, -0.1) is 5.54 Å². The normalized spacial score (nSPS) is 10.4. The average molecular weight is 220 g/mol. The molecule has 0 bridgehead atoms. The topological polar surface area (TPSA) is 48.1 Å². The quantitative estimate of drug-likeness (QED) is 0.581. The van der Waals surface area contributed by atoms with Crippen LogP contribution in [0.2, 0.25) is 19.6 Å². The minimum atomic E-state index is -1.40. The summed E-state index contributed by atoms with van der Waals surface area (Å²) in [5.41, 5.74) is 9.69. The molecule has 1 aromatic rings. The summed E-state index contributed by atoms with van der Waals surface area (Å²) in [5.74, 6) is 4.19. The van der Waals surface area contributed by atoms with Crippen molar-refractivity contribution in [3.05, 3.63) is 17.8 Å². The Hall–Kier alpha value is -1.47. The molecule has 0 radical (unpaired) electrons. The van der Waals surface area contributed by atoms with Crippen LogP contribution in [-0.4, -0.2) is 20.2 Å². The van der Waals surface area contributed by atoms with E-state index in [0.717, 1.165) is 0 Å². The van der Waals surface area contributed by atoms with E-state index in [1.165, 1.54) is 0 Å². The number of hydrogen-bond acceptors (Lipinski definition) is 3. The first-order valence-electron chi connectivity index (χ1n) is 4.75. The monoisotopic (exact) mass is 220 g/mol. The Kier molecular flexibility index (Phi) is 3.38. The minimum Gasteiger partial charge on any atom is -0.495 e. The summed E-state index contributed by atoms with van der Waals surface area (Å²) in [6, 6.07) is 1.77. The molecule has 80 valence electrons. The highest BCUT2D eigenvalue weighted by Gasteiger charge is 2.09. The van der Waals surface area contributed by atoms with Crippen LogP contribution in [0.25, 0.3) is 0 Å². The Morgan fingerprint density at radius 3 is 2.60 bits per heavy atom. The molecule has 0 saturated heterocycles. The van der Waals surface area contributed by atoms with Crippen LogP contribution >= 0.6 is 0 Å². The van der Waals surface area contributed by atoms with E-state index >= 15 is 0 Å². The number of aromatic nitrogens is 1. The Balaban J connectivity index is 3.17. The molecule has 2 N–H and O–H groups in total. The molecule has 0 fully saturated rings. The molecule has 0 saturated carbocycles. The summed E-state index contributed by atoms with van der Waals surface area (Å²) in [6.45, 7) is 6.54. The van der Waals surface area contributed by atoms with Gasteiger partial charge in [0.05, 0.1) is 7.11 Å². The molecule has 0 unspecified atom stereocenters. The molecular weight excluding hydrogens is 204 g/mol. The molecule has 15 heavy (non-hydrogen) atoms. The number of hydrogen-bond donors (Lipinski definition) is 1. The van der Waals surface area contributed by atoms with E-state index in [9.17, 15) is 0 Å². The number of nitrogens with two attached hydrogens (primary N) is 1. The van der Waals surface area contributed by atoms with Gasteiger partial charge in [0.2, 0.25) is 0 Å². The van der Waals surface area contributed by atoms with Crippen molar-refractivity contribution in [1.82, 2.24) is 4.98 Å². The van der Waals surface area contributed by atoms with Gasteiger partial charge < -0.3 is 10.5 Å². The van der Waals surface area contributed by atoms with Crippen LogP contribution in [0.1, 0.15) is 5.56 Å². The van der Waals surface area contributed by atoms with Gasteiger partial charge in [0.15, 0.2) is 0 Å². The first-order chi connectivity index (χ1) is 6.94. The second kappa shape index (κ2) is 4.37. The van der Waals surface area contributed by atoms with Crippen LogP contribution in [-0.2, 0) is 0 Å². The van der Waals surface area contributed by atoms with E-state index in [1.807, 2.05) is 0 Å². The maximum atomic E-state index is 5.75. The van der Waals surface area contributed by atoms with Crippen molar-refractivity contribution in [1.29, 1.82) is 0 Å². The van der Waals surface area contributed by atoms with Gasteiger partial charge >= 0.3 is 0 Å². The van der Waals surface area contributed by atoms with Crippen LogP contribution in [0.4, 0.5) is 5.82 Å². The fourth-order valence-corrected chi connectivity index (χ4v) is 1.51. The SMILES string of the molecule is COc1ccnc(N)c1C#C[Si](C)(C)C. The average Bonchev–Trinajstić information content (AvgIpc) is 2.14. The summed E-state index contributed by atoms with van der Waals surface area (Å²) in [5, 5.41) is 0. The summed E-state index contributed by atoms with van der Waals surface area (Å²) in [6.07, 6.45) is 1.62. The fraction of sp³-hybridized carbons (Fsp3) is 0.364. The van der Waals surface area contributed by atoms with Gasteiger partial charge in [-0.05, 0) is 6.07 Å². The summed E-state index contributed by atoms with van der Waals surface area (Å²) < 4.78 is 5.18. The highest BCUT2D eigenvalue weighted by atomic mass is 28.3. The third-order valence-corrected chi connectivity index (χ3v) is 2.60. The first kappa shape index (κ1) is 11.6. The van der Waals surface area contributed by atoms with Crippen LogP contribution in [0.5, 0.6) is 5.75 Å². The van der Waals surface area contributed by atoms with Gasteiger partial charge in [-0.1, -0.05) is 25.6 Å². The predicted octanol–water partition coefficient (Wildman–Crippen LogP) is 1.90. The van der Waals surface area contributed by atoms with Gasteiger partial charge in [0.1, 0.15) is 25.2 Å². The molecule has 0 aliphatic rings. The van der Waals surface area contributed by atoms with E-state index in [-0.39, 0.29) is 0 Å². The lowest BCUT2D eigenvalue weighted by atomic mass is 10.2. The molecule has 3 nitrogen and oxygen atoms in total. The van der Waals surface area contributed by atoms with E-state index in [0.29, 0.717) is 17.1 Å². The Bertz CT molecular complexity index is 413. The maximum absolute atomic E-state index is 5.75. The van der Waals surface area contributed by atoms with Crippen LogP contribution in [0.15, 0.2) is 12.3 Å². The molecule has 1 aromatic heterocycles. The molecule has 1 heterocycles. The summed E-state index contributed by atoms with van der Waals surface area (Å²) in [7, 11) is 0.207. The van der Waals surface area contributed by atoms with Gasteiger partial charge in [-0.3, -0.25) is 0 Å². The largest absolute Gasteiger partial charge is 0.495 e. The lowest BCUT2D eigenvalue weighted by molar-refractivity contribution is 0.413. The molecule has 0 atom stereocenters. The van der Waals surface area contributed by atoms with Crippen LogP contribution < -0.4 is 10.5 Å². The zero-order valence-electron chi connectivity index (χ0n) is 9.59. The molecular formula is C11H16N2OSi. The molecule has 4 heteroatoms. The van der Waals surface area contributed by atoms with Crippen molar-refractivity contribution in [2.45, 2.75) is 19.6 Å². The predicted molar refractivity (Wildman–Crippen MR) is 65.4 cm³/mol. The fourth-order valence-electron chi connectivity index (χ4n) is 1.01. The van der Waals surface area contributed by atoms with Crippen molar-refractivity contribution < 1.29 is 4.74 Å². The molecule has 0 aliphatic heterocycles. The van der Waals surface area contributed by atoms with Crippen molar-refractivity contribution in [2.24, 2.45) is 0 Å². The number of nitrogen functional groups attached to an aromatic ring is 1. The van der Waals surface area contributed by atoms with Crippen molar-refractivity contribution in [3.63, 3.8) is 0 Å².